The lowest BCUT2D eigenvalue weighted by molar-refractivity contribution is -0.146. The molecule has 1 saturated heterocycles. The number of para-hydroxylation sites is 1. The summed E-state index contributed by atoms with van der Waals surface area (Å²) in [4.78, 5) is 81.5. The molecule has 0 aliphatic carbocycles. The van der Waals surface area contributed by atoms with Crippen molar-refractivity contribution in [2.45, 2.75) is 69.1 Å². The van der Waals surface area contributed by atoms with Gasteiger partial charge in [0.25, 0.3) is 0 Å². The van der Waals surface area contributed by atoms with E-state index in [0.29, 0.717) is 24.0 Å². The number of amides is 5. The van der Waals surface area contributed by atoms with Crippen LogP contribution in [0.3, 0.4) is 0 Å². The van der Waals surface area contributed by atoms with Gasteiger partial charge in [0.05, 0.1) is 0 Å². The number of rotatable bonds is 15. The smallest absolute Gasteiger partial charge is 0.303 e. The van der Waals surface area contributed by atoms with E-state index in [0.717, 1.165) is 10.9 Å². The molecule has 15 heteroatoms. The van der Waals surface area contributed by atoms with E-state index < -0.39 is 77.8 Å². The number of aromatic amines is 1. The molecule has 0 saturated carbocycles. The maximum atomic E-state index is 13.9. The van der Waals surface area contributed by atoms with Gasteiger partial charge in [-0.05, 0) is 55.0 Å². The van der Waals surface area contributed by atoms with Crippen LogP contribution in [0.4, 0.5) is 4.39 Å². The number of carbonyl (C=O) groups is 6. The summed E-state index contributed by atoms with van der Waals surface area (Å²) in [5.74, 6) is -5.57. The van der Waals surface area contributed by atoms with E-state index in [2.05, 4.69) is 20.9 Å². The Labute approximate surface area is 280 Å². The highest BCUT2D eigenvalue weighted by atomic mass is 35.5. The average Bonchev–Trinajstić information content (AvgIpc) is 3.48. The Bertz CT molecular complexity index is 1650. The lowest BCUT2D eigenvalue weighted by Crippen LogP contribution is -2.60. The molecule has 1 aliphatic heterocycles. The minimum absolute atomic E-state index is 0.0112. The van der Waals surface area contributed by atoms with Gasteiger partial charge >= 0.3 is 5.97 Å². The van der Waals surface area contributed by atoms with E-state index in [9.17, 15) is 38.3 Å². The van der Waals surface area contributed by atoms with Gasteiger partial charge in [0.15, 0.2) is 0 Å². The first-order valence-corrected chi connectivity index (χ1v) is 16.1. The van der Waals surface area contributed by atoms with Gasteiger partial charge in [0, 0.05) is 42.9 Å². The summed E-state index contributed by atoms with van der Waals surface area (Å²) in [7, 11) is 0. The third-order valence-electron chi connectivity index (χ3n) is 8.24. The van der Waals surface area contributed by atoms with Crippen molar-refractivity contribution < 1.29 is 38.3 Å². The molecule has 0 radical (unpaired) electrons. The molecule has 5 amide bonds. The van der Waals surface area contributed by atoms with Gasteiger partial charge in [-0.2, -0.15) is 0 Å². The third-order valence-corrected chi connectivity index (χ3v) is 8.48. The molecular formula is C33H38ClFN6O7. The number of aliphatic carboxylic acids is 1. The number of carbonyl (C=O) groups excluding carboxylic acids is 5. The van der Waals surface area contributed by atoms with Crippen molar-refractivity contribution in [2.24, 2.45) is 5.73 Å². The molecule has 3 aromatic rings. The van der Waals surface area contributed by atoms with Gasteiger partial charge in [-0.1, -0.05) is 30.3 Å². The Morgan fingerprint density at radius 3 is 2.38 bits per heavy atom. The molecule has 256 valence electrons. The lowest BCUT2D eigenvalue weighted by Gasteiger charge is -2.37. The van der Waals surface area contributed by atoms with E-state index in [-0.39, 0.29) is 32.2 Å². The molecule has 4 atom stereocenters. The van der Waals surface area contributed by atoms with Crippen molar-refractivity contribution in [1.29, 1.82) is 0 Å². The predicted octanol–water partition coefficient (Wildman–Crippen LogP) is 1.52. The fraction of sp³-hybridized carbons (Fsp3) is 0.394. The molecule has 2 aromatic carbocycles. The molecule has 4 unspecified atom stereocenters. The largest absolute Gasteiger partial charge is 0.481 e. The minimum Gasteiger partial charge on any atom is -0.481 e. The number of nitrogens with zero attached hydrogens (tertiary/aromatic N) is 1. The minimum atomic E-state index is -1.23. The first kappa shape index (κ1) is 35.9. The van der Waals surface area contributed by atoms with Crippen LogP contribution in [0, 0.1) is 5.82 Å². The summed E-state index contributed by atoms with van der Waals surface area (Å²) >= 11 is 5.62. The molecule has 48 heavy (non-hydrogen) atoms. The van der Waals surface area contributed by atoms with E-state index in [1.165, 1.54) is 29.2 Å². The molecule has 1 aliphatic rings. The lowest BCUT2D eigenvalue weighted by atomic mass is 9.97. The van der Waals surface area contributed by atoms with Crippen LogP contribution in [-0.2, 0) is 41.6 Å². The number of piperidine rings is 1. The van der Waals surface area contributed by atoms with Crippen LogP contribution in [0.15, 0.2) is 54.7 Å². The van der Waals surface area contributed by atoms with Crippen molar-refractivity contribution in [3.05, 3.63) is 71.7 Å². The Balaban J connectivity index is 1.58. The quantitative estimate of drug-likeness (QED) is 0.130. The number of halogens is 2. The number of carboxylic acids is 1. The standard InChI is InChI=1S/C33H38ClFN6O7/c34-17-28(42)38-24(12-13-29(43)44)33(48)41-14-4-3-7-27(41)32(47)40-26(16-20-18-37-23-6-2-1-5-22(20)23)31(46)39-25(30(36)45)15-19-8-10-21(35)11-9-19/h1-2,5-6,8-11,18,24-27,37H,3-4,7,12-17H2,(H2,36,45)(H,38,42)(H,39,46)(H,40,47)(H,43,44). The van der Waals surface area contributed by atoms with Crippen molar-refractivity contribution in [1.82, 2.24) is 25.8 Å². The monoisotopic (exact) mass is 684 g/mol. The number of nitrogens with one attached hydrogen (secondary N) is 4. The number of primary amides is 1. The van der Waals surface area contributed by atoms with Crippen LogP contribution >= 0.6 is 11.6 Å². The van der Waals surface area contributed by atoms with Gasteiger partial charge in [-0.3, -0.25) is 28.8 Å². The first-order valence-electron chi connectivity index (χ1n) is 15.5. The Hall–Kier alpha value is -4.98. The highest BCUT2D eigenvalue weighted by Crippen LogP contribution is 2.22. The highest BCUT2D eigenvalue weighted by molar-refractivity contribution is 6.27. The zero-order chi connectivity index (χ0) is 34.8. The molecule has 1 aromatic heterocycles. The zero-order valence-electron chi connectivity index (χ0n) is 26.0. The zero-order valence-corrected chi connectivity index (χ0v) is 26.8. The summed E-state index contributed by atoms with van der Waals surface area (Å²) in [6, 6.07) is 8.10. The number of hydrogen-bond acceptors (Lipinski definition) is 6. The van der Waals surface area contributed by atoms with E-state index in [4.69, 9.17) is 17.3 Å². The molecule has 4 rings (SSSR count). The van der Waals surface area contributed by atoms with Gasteiger partial charge in [0.1, 0.15) is 35.9 Å². The summed E-state index contributed by atoms with van der Waals surface area (Å²) in [5, 5.41) is 17.8. The number of H-pyrrole nitrogens is 1. The van der Waals surface area contributed by atoms with Crippen LogP contribution in [0.1, 0.15) is 43.2 Å². The number of benzene rings is 2. The highest BCUT2D eigenvalue weighted by Gasteiger charge is 2.38. The maximum Gasteiger partial charge on any atom is 0.303 e. The van der Waals surface area contributed by atoms with E-state index in [1.54, 1.807) is 6.20 Å². The first-order chi connectivity index (χ1) is 23.0. The molecule has 2 heterocycles. The van der Waals surface area contributed by atoms with E-state index in [1.807, 2.05) is 24.3 Å². The second kappa shape index (κ2) is 16.7. The van der Waals surface area contributed by atoms with Crippen LogP contribution in [-0.4, -0.2) is 87.1 Å². The molecular weight excluding hydrogens is 647 g/mol. The van der Waals surface area contributed by atoms with Gasteiger partial charge in [0.2, 0.25) is 29.5 Å². The topological polar surface area (TPSA) is 204 Å². The molecule has 0 spiro atoms. The number of likely N-dealkylation sites (tertiary alicyclic amines) is 1. The molecule has 13 nitrogen and oxygen atoms in total. The van der Waals surface area contributed by atoms with Crippen molar-refractivity contribution >= 4 is 58.0 Å². The normalized spacial score (nSPS) is 16.4. The van der Waals surface area contributed by atoms with Crippen molar-refractivity contribution in [3.8, 4) is 0 Å². The number of aromatic nitrogens is 1. The second-order valence-electron chi connectivity index (χ2n) is 11.6. The van der Waals surface area contributed by atoms with Gasteiger partial charge in [-0.15, -0.1) is 11.6 Å². The Morgan fingerprint density at radius 1 is 0.958 bits per heavy atom. The van der Waals surface area contributed by atoms with Crippen LogP contribution in [0.2, 0.25) is 0 Å². The number of carboxylic acid groups (broad SMARTS) is 1. The maximum absolute atomic E-state index is 13.9. The summed E-state index contributed by atoms with van der Waals surface area (Å²) < 4.78 is 13.5. The number of nitrogens with two attached hydrogens (primary N) is 1. The van der Waals surface area contributed by atoms with Gasteiger partial charge in [-0.25, -0.2) is 4.39 Å². The van der Waals surface area contributed by atoms with Crippen molar-refractivity contribution in [2.75, 3.05) is 12.4 Å². The Kier molecular flexibility index (Phi) is 12.5. The Morgan fingerprint density at radius 2 is 1.69 bits per heavy atom. The number of fused-ring (bicyclic) bond motifs is 1. The number of alkyl halides is 1. The molecule has 1 fully saturated rings. The number of hydrogen-bond donors (Lipinski definition) is 6. The average molecular weight is 685 g/mol. The fourth-order valence-corrected chi connectivity index (χ4v) is 5.85. The summed E-state index contributed by atoms with van der Waals surface area (Å²) in [6.45, 7) is 0.165. The van der Waals surface area contributed by atoms with E-state index >= 15 is 0 Å². The predicted molar refractivity (Wildman–Crippen MR) is 174 cm³/mol. The van der Waals surface area contributed by atoms with Crippen LogP contribution in [0.5, 0.6) is 0 Å². The van der Waals surface area contributed by atoms with Crippen LogP contribution < -0.4 is 21.7 Å². The fourth-order valence-electron chi connectivity index (χ4n) is 5.78. The van der Waals surface area contributed by atoms with Crippen molar-refractivity contribution in [3.63, 3.8) is 0 Å². The SMILES string of the molecule is NC(=O)C(Cc1ccc(F)cc1)NC(=O)C(Cc1c[nH]c2ccccc12)NC(=O)C1CCCCN1C(=O)C(CCC(=O)O)NC(=O)CCl. The summed E-state index contributed by atoms with van der Waals surface area (Å²) in [5.41, 5.74) is 7.68. The van der Waals surface area contributed by atoms with Gasteiger partial charge < -0.3 is 36.7 Å². The summed E-state index contributed by atoms with van der Waals surface area (Å²) in [6.07, 6.45) is 2.49. The third kappa shape index (κ3) is 9.53. The molecule has 0 bridgehead atoms. The second-order valence-corrected chi connectivity index (χ2v) is 11.9. The van der Waals surface area contributed by atoms with Crippen LogP contribution in [0.25, 0.3) is 10.9 Å². The molecule has 7 N–H and O–H groups in total.